The molecule has 2 aromatic carbocycles. The molecule has 1 N–H and O–H groups in total. The third-order valence-electron chi connectivity index (χ3n) is 5.40. The minimum atomic E-state index is -0.490. The van der Waals surface area contributed by atoms with E-state index in [0.717, 1.165) is 24.3 Å². The summed E-state index contributed by atoms with van der Waals surface area (Å²) in [5.41, 5.74) is 1.49. The molecule has 1 aliphatic rings. The Morgan fingerprint density at radius 1 is 1.10 bits per heavy atom. The van der Waals surface area contributed by atoms with Crippen LogP contribution in [0.5, 0.6) is 5.75 Å². The Bertz CT molecular complexity index is 1110. The molecule has 0 bridgehead atoms. The van der Waals surface area contributed by atoms with E-state index >= 15 is 0 Å². The van der Waals surface area contributed by atoms with Crippen molar-refractivity contribution in [1.82, 2.24) is 20.1 Å². The largest absolute Gasteiger partial charge is 0.497 e. The second kappa shape index (κ2) is 8.99. The van der Waals surface area contributed by atoms with Gasteiger partial charge in [0, 0.05) is 24.8 Å². The molecule has 0 aliphatic carbocycles. The number of carbonyl (C=O) groups excluding carboxylic acids is 1. The highest BCUT2D eigenvalue weighted by atomic mass is 16.5. The van der Waals surface area contributed by atoms with E-state index in [1.54, 1.807) is 7.11 Å². The molecule has 8 heteroatoms. The average molecular weight is 419 g/mol. The van der Waals surface area contributed by atoms with Gasteiger partial charge in [0.15, 0.2) is 0 Å². The fraction of sp³-hybridized carbons (Fsp3) is 0.304. The molecule has 0 radical (unpaired) electrons. The van der Waals surface area contributed by atoms with Gasteiger partial charge in [-0.05, 0) is 49.6 Å². The predicted octanol–water partition coefficient (Wildman–Crippen LogP) is 2.55. The first-order valence-corrected chi connectivity index (χ1v) is 10.3. The van der Waals surface area contributed by atoms with Gasteiger partial charge in [0.25, 0.3) is 11.5 Å². The zero-order valence-electron chi connectivity index (χ0n) is 17.6. The predicted molar refractivity (Wildman–Crippen MR) is 118 cm³/mol. The molecule has 2 heterocycles. The number of hydrogen-bond acceptors (Lipinski definition) is 6. The maximum atomic E-state index is 12.9. The summed E-state index contributed by atoms with van der Waals surface area (Å²) in [4.78, 5) is 27.4. The smallest absolute Gasteiger partial charge is 0.286 e. The highest BCUT2D eigenvalue weighted by Gasteiger charge is 2.27. The normalized spacial score (nSPS) is 13.5. The molecule has 0 fully saturated rings. The topological polar surface area (TPSA) is 89.3 Å². The molecule has 1 aliphatic heterocycles. The Hall–Kier alpha value is -3.68. The first-order valence-electron chi connectivity index (χ1n) is 10.3. The van der Waals surface area contributed by atoms with Crippen LogP contribution in [-0.2, 0) is 13.0 Å². The number of hydrogen-bond donors (Lipinski definition) is 1. The van der Waals surface area contributed by atoms with Crippen LogP contribution in [0.1, 0.15) is 29.4 Å². The van der Waals surface area contributed by atoms with Crippen LogP contribution < -0.4 is 20.5 Å². The number of nitrogens with one attached hydrogen (secondary N) is 1. The summed E-state index contributed by atoms with van der Waals surface area (Å²) < 4.78 is 6.69. The van der Waals surface area contributed by atoms with E-state index < -0.39 is 11.5 Å². The third kappa shape index (κ3) is 4.42. The number of carbonyl (C=O) groups is 1. The molecule has 0 unspecified atom stereocenters. The van der Waals surface area contributed by atoms with Crippen molar-refractivity contribution < 1.29 is 9.53 Å². The highest BCUT2D eigenvalue weighted by molar-refractivity contribution is 5.92. The number of aryl methyl sites for hydroxylation is 1. The summed E-state index contributed by atoms with van der Waals surface area (Å²) in [6.45, 7) is 2.94. The monoisotopic (exact) mass is 419 g/mol. The number of ether oxygens (including phenoxy) is 1. The van der Waals surface area contributed by atoms with Crippen LogP contribution in [-0.4, -0.2) is 40.4 Å². The van der Waals surface area contributed by atoms with E-state index in [1.807, 2.05) is 54.3 Å². The van der Waals surface area contributed by atoms with E-state index in [9.17, 15) is 9.59 Å². The van der Waals surface area contributed by atoms with Crippen molar-refractivity contribution in [3.63, 3.8) is 0 Å². The zero-order valence-corrected chi connectivity index (χ0v) is 17.6. The maximum Gasteiger partial charge on any atom is 0.286 e. The van der Waals surface area contributed by atoms with Crippen LogP contribution in [0.2, 0.25) is 0 Å². The number of fused-ring (bicyclic) bond motifs is 1. The molecular formula is C23H25N5O3. The van der Waals surface area contributed by atoms with Crippen molar-refractivity contribution in [2.24, 2.45) is 0 Å². The molecule has 3 aromatic rings. The van der Waals surface area contributed by atoms with E-state index in [0.29, 0.717) is 19.0 Å². The first kappa shape index (κ1) is 20.6. The van der Waals surface area contributed by atoms with Gasteiger partial charge in [-0.2, -0.15) is 0 Å². The van der Waals surface area contributed by atoms with E-state index in [4.69, 9.17) is 4.74 Å². The number of rotatable bonds is 7. The molecule has 4 rings (SSSR count). The highest BCUT2D eigenvalue weighted by Crippen LogP contribution is 2.28. The van der Waals surface area contributed by atoms with Gasteiger partial charge in [-0.25, -0.2) is 0 Å². The minimum absolute atomic E-state index is 0.0945. The van der Waals surface area contributed by atoms with Crippen molar-refractivity contribution >= 4 is 17.5 Å². The van der Waals surface area contributed by atoms with E-state index in [-0.39, 0.29) is 11.7 Å². The van der Waals surface area contributed by atoms with E-state index in [1.165, 1.54) is 10.1 Å². The quantitative estimate of drug-likeness (QED) is 0.633. The molecule has 1 amide bonds. The maximum absolute atomic E-state index is 12.9. The summed E-state index contributed by atoms with van der Waals surface area (Å²) in [6.07, 6.45) is 1.61. The lowest BCUT2D eigenvalue weighted by Gasteiger charge is -2.17. The Labute approximate surface area is 180 Å². The van der Waals surface area contributed by atoms with Gasteiger partial charge in [0.1, 0.15) is 5.75 Å². The lowest BCUT2D eigenvalue weighted by Crippen LogP contribution is -2.39. The summed E-state index contributed by atoms with van der Waals surface area (Å²) in [6, 6.07) is 17.5. The Kier molecular flexibility index (Phi) is 5.97. The number of aromatic nitrogens is 3. The van der Waals surface area contributed by atoms with Gasteiger partial charge >= 0.3 is 0 Å². The minimum Gasteiger partial charge on any atom is -0.497 e. The number of amides is 1. The average Bonchev–Trinajstić information content (AvgIpc) is 3.23. The molecular weight excluding hydrogens is 394 g/mol. The molecule has 31 heavy (non-hydrogen) atoms. The molecule has 1 atom stereocenters. The van der Waals surface area contributed by atoms with Crippen LogP contribution in [0.4, 0.5) is 11.6 Å². The SMILES string of the molecule is COc1ccc(N2CCn3c2nnc(C(=O)N[C@H](C)CCc2ccccc2)c3=O)cc1. The van der Waals surface area contributed by atoms with Crippen LogP contribution in [0.25, 0.3) is 0 Å². The van der Waals surface area contributed by atoms with Crippen LogP contribution in [0.15, 0.2) is 59.4 Å². The second-order valence-corrected chi connectivity index (χ2v) is 7.55. The van der Waals surface area contributed by atoms with E-state index in [2.05, 4.69) is 27.6 Å². The summed E-state index contributed by atoms with van der Waals surface area (Å²) in [7, 11) is 1.61. The number of anilines is 2. The Morgan fingerprint density at radius 2 is 1.84 bits per heavy atom. The van der Waals surface area contributed by atoms with Gasteiger partial charge in [-0.3, -0.25) is 14.2 Å². The van der Waals surface area contributed by atoms with Crippen molar-refractivity contribution in [1.29, 1.82) is 0 Å². The van der Waals surface area contributed by atoms with Gasteiger partial charge in [-0.15, -0.1) is 10.2 Å². The molecule has 0 spiro atoms. The van der Waals surface area contributed by atoms with Gasteiger partial charge in [0.05, 0.1) is 7.11 Å². The van der Waals surface area contributed by atoms with Gasteiger partial charge < -0.3 is 15.0 Å². The summed E-state index contributed by atoms with van der Waals surface area (Å²) in [5.74, 6) is 0.694. The first-order chi connectivity index (χ1) is 15.1. The van der Waals surface area contributed by atoms with Crippen LogP contribution in [0, 0.1) is 0 Å². The van der Waals surface area contributed by atoms with Crippen molar-refractivity contribution in [2.75, 3.05) is 18.6 Å². The van der Waals surface area contributed by atoms with Gasteiger partial charge in [-0.1, -0.05) is 30.3 Å². The standard InChI is InChI=1S/C23H25N5O3/c1-16(8-9-17-6-4-3-5-7-17)24-21(29)20-22(30)28-15-14-27(23(28)26-25-20)18-10-12-19(31-2)13-11-18/h3-7,10-13,16H,8-9,14-15H2,1-2H3,(H,24,29)/t16-/m1/s1. The molecule has 8 nitrogen and oxygen atoms in total. The van der Waals surface area contributed by atoms with Crippen molar-refractivity contribution in [2.45, 2.75) is 32.4 Å². The number of nitrogens with zero attached hydrogens (tertiary/aromatic N) is 4. The fourth-order valence-electron chi connectivity index (χ4n) is 3.65. The fourth-order valence-corrected chi connectivity index (χ4v) is 3.65. The lowest BCUT2D eigenvalue weighted by molar-refractivity contribution is 0.0930. The summed E-state index contributed by atoms with van der Waals surface area (Å²) in [5, 5.41) is 11.0. The van der Waals surface area contributed by atoms with Crippen LogP contribution >= 0.6 is 0 Å². The van der Waals surface area contributed by atoms with Crippen molar-refractivity contribution in [3.8, 4) is 5.75 Å². The second-order valence-electron chi connectivity index (χ2n) is 7.55. The number of benzene rings is 2. The molecule has 0 saturated carbocycles. The Balaban J connectivity index is 1.45. The molecule has 160 valence electrons. The zero-order chi connectivity index (χ0) is 21.8. The molecule has 1 aromatic heterocycles. The number of methoxy groups -OCH3 is 1. The summed E-state index contributed by atoms with van der Waals surface area (Å²) >= 11 is 0. The van der Waals surface area contributed by atoms with Crippen LogP contribution in [0.3, 0.4) is 0 Å². The lowest BCUT2D eigenvalue weighted by atomic mass is 10.1. The van der Waals surface area contributed by atoms with Crippen molar-refractivity contribution in [3.05, 3.63) is 76.2 Å². The third-order valence-corrected chi connectivity index (χ3v) is 5.40. The van der Waals surface area contributed by atoms with Gasteiger partial charge in [0.2, 0.25) is 11.6 Å². The Morgan fingerprint density at radius 3 is 2.55 bits per heavy atom. The molecule has 0 saturated heterocycles.